The summed E-state index contributed by atoms with van der Waals surface area (Å²) in [5, 5.41) is 11.4. The van der Waals surface area contributed by atoms with Crippen molar-refractivity contribution < 1.29 is 23.8 Å². The summed E-state index contributed by atoms with van der Waals surface area (Å²) >= 11 is 0. The number of carbonyl (C=O) groups is 1. The Morgan fingerprint density at radius 3 is 2.66 bits per heavy atom. The number of hydrogen-bond acceptors (Lipinski definition) is 7. The molecule has 1 unspecified atom stereocenters. The van der Waals surface area contributed by atoms with Crippen molar-refractivity contribution in [1.29, 1.82) is 0 Å². The molecule has 7 nitrogen and oxygen atoms in total. The highest BCUT2D eigenvalue weighted by Gasteiger charge is 2.39. The number of hydrogen-bond donors (Lipinski definition) is 2. The zero-order valence-corrected chi connectivity index (χ0v) is 15.7. The summed E-state index contributed by atoms with van der Waals surface area (Å²) in [7, 11) is 0. The Hall–Kier alpha value is -3.58. The lowest BCUT2D eigenvalue weighted by Gasteiger charge is -2.27. The van der Waals surface area contributed by atoms with E-state index in [1.807, 2.05) is 42.5 Å². The van der Waals surface area contributed by atoms with Gasteiger partial charge in [-0.3, -0.25) is 4.79 Å². The van der Waals surface area contributed by atoms with Crippen LogP contribution in [0.15, 0.2) is 69.2 Å². The lowest BCUT2D eigenvalue weighted by atomic mass is 9.85. The Balaban J connectivity index is 1.98. The van der Waals surface area contributed by atoms with Crippen LogP contribution in [0, 0.1) is 0 Å². The first-order valence-electron chi connectivity index (χ1n) is 9.14. The van der Waals surface area contributed by atoms with Crippen molar-refractivity contribution in [2.24, 2.45) is 5.73 Å². The van der Waals surface area contributed by atoms with Gasteiger partial charge in [0, 0.05) is 6.07 Å². The molecule has 0 fully saturated rings. The van der Waals surface area contributed by atoms with Crippen LogP contribution in [0.25, 0.3) is 10.8 Å². The van der Waals surface area contributed by atoms with Crippen LogP contribution in [0.1, 0.15) is 29.9 Å². The summed E-state index contributed by atoms with van der Waals surface area (Å²) in [6, 6.07) is 14.5. The number of aliphatic hydroxyl groups is 1. The van der Waals surface area contributed by atoms with Crippen LogP contribution in [0.2, 0.25) is 0 Å². The molecule has 29 heavy (non-hydrogen) atoms. The third kappa shape index (κ3) is 3.25. The number of carbonyl (C=O) groups excluding carboxylic acids is 1. The van der Waals surface area contributed by atoms with Crippen molar-refractivity contribution in [1.82, 2.24) is 0 Å². The van der Waals surface area contributed by atoms with E-state index in [1.165, 1.54) is 0 Å². The Bertz CT molecular complexity index is 1190. The molecular weight excluding hydrogens is 374 g/mol. The van der Waals surface area contributed by atoms with Gasteiger partial charge in [-0.05, 0) is 23.3 Å². The van der Waals surface area contributed by atoms with Gasteiger partial charge in [0.05, 0.1) is 12.5 Å². The van der Waals surface area contributed by atoms with Crippen LogP contribution >= 0.6 is 0 Å². The smallest absolute Gasteiger partial charge is 0.340 e. The van der Waals surface area contributed by atoms with E-state index in [1.54, 1.807) is 6.92 Å². The molecule has 0 bridgehead atoms. The molecule has 0 spiro atoms. The van der Waals surface area contributed by atoms with Crippen LogP contribution in [0.4, 0.5) is 0 Å². The molecule has 1 aliphatic heterocycles. The minimum absolute atomic E-state index is 0.0490. The van der Waals surface area contributed by atoms with Crippen molar-refractivity contribution in [3.05, 3.63) is 87.3 Å². The van der Waals surface area contributed by atoms with Crippen molar-refractivity contribution in [2.45, 2.75) is 19.4 Å². The minimum atomic E-state index is -0.818. The molecule has 1 aliphatic rings. The van der Waals surface area contributed by atoms with E-state index >= 15 is 0 Å². The first-order chi connectivity index (χ1) is 14.0. The predicted molar refractivity (Wildman–Crippen MR) is 105 cm³/mol. The fourth-order valence-corrected chi connectivity index (χ4v) is 3.49. The summed E-state index contributed by atoms with van der Waals surface area (Å²) < 4.78 is 16.4. The zero-order valence-electron chi connectivity index (χ0n) is 15.7. The molecule has 0 saturated heterocycles. The topological polar surface area (TPSA) is 112 Å². The molecule has 1 atom stereocenters. The largest absolute Gasteiger partial charge is 0.462 e. The third-order valence-corrected chi connectivity index (χ3v) is 4.77. The van der Waals surface area contributed by atoms with E-state index in [0.29, 0.717) is 5.56 Å². The lowest BCUT2D eigenvalue weighted by molar-refractivity contribution is -0.139. The molecule has 7 heteroatoms. The Labute approximate surface area is 166 Å². The third-order valence-electron chi connectivity index (χ3n) is 4.77. The van der Waals surface area contributed by atoms with Gasteiger partial charge in [-0.25, -0.2) is 4.79 Å². The van der Waals surface area contributed by atoms with Crippen molar-refractivity contribution >= 4 is 16.7 Å². The van der Waals surface area contributed by atoms with Crippen LogP contribution in [-0.2, 0) is 16.1 Å². The molecule has 2 aromatic carbocycles. The number of nitrogens with two attached hydrogens (primary N) is 1. The van der Waals surface area contributed by atoms with Crippen molar-refractivity contribution in [3.63, 3.8) is 0 Å². The summed E-state index contributed by atoms with van der Waals surface area (Å²) in [6.45, 7) is 1.36. The molecule has 4 rings (SSSR count). The van der Waals surface area contributed by atoms with Crippen molar-refractivity contribution in [3.8, 4) is 5.75 Å². The van der Waals surface area contributed by atoms with E-state index in [4.69, 9.17) is 19.6 Å². The van der Waals surface area contributed by atoms with E-state index in [9.17, 15) is 14.7 Å². The summed E-state index contributed by atoms with van der Waals surface area (Å²) in [5.74, 6) is -1.63. The van der Waals surface area contributed by atoms with E-state index < -0.39 is 23.9 Å². The molecule has 0 saturated carbocycles. The Kier molecular flexibility index (Phi) is 4.82. The quantitative estimate of drug-likeness (QED) is 0.655. The van der Waals surface area contributed by atoms with Crippen molar-refractivity contribution in [2.75, 3.05) is 6.61 Å². The highest BCUT2D eigenvalue weighted by molar-refractivity contribution is 5.93. The molecule has 2 heterocycles. The molecule has 0 radical (unpaired) electrons. The molecule has 148 valence electrons. The normalized spacial score (nSPS) is 15.7. The fraction of sp³-hybridized carbons (Fsp3) is 0.182. The predicted octanol–water partition coefficient (Wildman–Crippen LogP) is 2.54. The minimum Gasteiger partial charge on any atom is -0.462 e. The number of fused-ring (bicyclic) bond motifs is 2. The first-order valence-corrected chi connectivity index (χ1v) is 9.14. The SMILES string of the molecule is CCOC(=O)C1=C(N)Oc2c(oc(CO)cc2=O)C1c1ccc2ccccc2c1. The van der Waals surface area contributed by atoms with Gasteiger partial charge >= 0.3 is 5.97 Å². The van der Waals surface area contributed by atoms with Gasteiger partial charge in [0.25, 0.3) is 0 Å². The van der Waals surface area contributed by atoms with Gasteiger partial charge in [-0.2, -0.15) is 0 Å². The van der Waals surface area contributed by atoms with Gasteiger partial charge in [-0.15, -0.1) is 0 Å². The average Bonchev–Trinajstić information content (AvgIpc) is 2.73. The van der Waals surface area contributed by atoms with Crippen LogP contribution in [0.5, 0.6) is 5.75 Å². The second-order valence-corrected chi connectivity index (χ2v) is 6.57. The lowest BCUT2D eigenvalue weighted by Crippen LogP contribution is -2.30. The average molecular weight is 393 g/mol. The summed E-state index contributed by atoms with van der Waals surface area (Å²) in [5.41, 5.74) is 6.27. The Morgan fingerprint density at radius 2 is 1.93 bits per heavy atom. The first kappa shape index (κ1) is 18.8. The number of benzene rings is 2. The maximum Gasteiger partial charge on any atom is 0.340 e. The standard InChI is InChI=1S/C22H19NO6/c1-2-27-22(26)18-17(14-8-7-12-5-3-4-6-13(12)9-14)20-19(29-21(18)23)16(25)10-15(11-24)28-20/h3-10,17,24H,2,11,23H2,1H3. The number of ether oxygens (including phenoxy) is 2. The van der Waals surface area contributed by atoms with Gasteiger partial charge in [0.15, 0.2) is 5.76 Å². The number of esters is 1. The number of aliphatic hydroxyl groups excluding tert-OH is 1. The van der Waals surface area contributed by atoms with Gasteiger partial charge in [0.2, 0.25) is 17.1 Å². The van der Waals surface area contributed by atoms with Crippen LogP contribution < -0.4 is 15.9 Å². The second kappa shape index (κ2) is 7.44. The second-order valence-electron chi connectivity index (χ2n) is 6.57. The van der Waals surface area contributed by atoms with E-state index in [-0.39, 0.29) is 35.3 Å². The van der Waals surface area contributed by atoms with Gasteiger partial charge in [0.1, 0.15) is 17.9 Å². The number of rotatable bonds is 4. The molecule has 0 amide bonds. The highest BCUT2D eigenvalue weighted by Crippen LogP contribution is 2.42. The monoisotopic (exact) mass is 393 g/mol. The highest BCUT2D eigenvalue weighted by atomic mass is 16.5. The maximum atomic E-state index is 12.7. The zero-order chi connectivity index (χ0) is 20.5. The molecular formula is C22H19NO6. The van der Waals surface area contributed by atoms with Gasteiger partial charge in [-0.1, -0.05) is 42.5 Å². The van der Waals surface area contributed by atoms with E-state index in [2.05, 4.69) is 0 Å². The summed E-state index contributed by atoms with van der Waals surface area (Å²) in [6.07, 6.45) is 0. The maximum absolute atomic E-state index is 12.7. The molecule has 1 aromatic heterocycles. The Morgan fingerprint density at radius 1 is 1.17 bits per heavy atom. The van der Waals surface area contributed by atoms with Crippen LogP contribution in [-0.4, -0.2) is 17.7 Å². The molecule has 0 aliphatic carbocycles. The van der Waals surface area contributed by atoms with Gasteiger partial charge < -0.3 is 24.7 Å². The van der Waals surface area contributed by atoms with Crippen LogP contribution in [0.3, 0.4) is 0 Å². The van der Waals surface area contributed by atoms with E-state index in [0.717, 1.165) is 16.8 Å². The molecule has 3 aromatic rings. The molecule has 3 N–H and O–H groups in total. The summed E-state index contributed by atoms with van der Waals surface area (Å²) in [4.78, 5) is 25.2. The fourth-order valence-electron chi connectivity index (χ4n) is 3.49.